The molecule has 4 saturated carbocycles. The summed E-state index contributed by atoms with van der Waals surface area (Å²) >= 11 is 0. The van der Waals surface area contributed by atoms with Gasteiger partial charge in [0.25, 0.3) is 0 Å². The van der Waals surface area contributed by atoms with E-state index in [4.69, 9.17) is 0 Å². The highest BCUT2D eigenvalue weighted by Gasteiger charge is 2.69. The molecule has 0 saturated heterocycles. The molecule has 0 heterocycles. The first kappa shape index (κ1) is 29.1. The fraction of sp³-hybridized carbons (Fsp3) is 0.882. The second-order valence-electron chi connectivity index (χ2n) is 15.9. The van der Waals surface area contributed by atoms with Crippen molar-refractivity contribution < 1.29 is 14.7 Å². The lowest BCUT2D eigenvalue weighted by atomic mass is 9.33. The SMILES string of the molecule is CNC(=O)CCNC(=O)[C@]12CC[C@@H](C)[C@H](C)[C@H]1C1=CC[C@@H]3[C@@]4(C)CC[C@H](O)C(C)(C)[C@@H]4CC[C@@]3(C)[C@]1(C)CC2. The van der Waals surface area contributed by atoms with E-state index in [9.17, 15) is 14.7 Å². The van der Waals surface area contributed by atoms with Gasteiger partial charge in [0.2, 0.25) is 11.8 Å². The van der Waals surface area contributed by atoms with Crippen LogP contribution in [0, 0.1) is 56.7 Å². The third-order valence-electron chi connectivity index (χ3n) is 14.3. The molecule has 2 amide bonds. The van der Waals surface area contributed by atoms with Crippen LogP contribution in [0.5, 0.6) is 0 Å². The smallest absolute Gasteiger partial charge is 0.226 e. The number of carbonyl (C=O) groups excluding carboxylic acids is 2. The van der Waals surface area contributed by atoms with E-state index in [-0.39, 0.29) is 50.9 Å². The summed E-state index contributed by atoms with van der Waals surface area (Å²) in [5.41, 5.74) is 1.71. The van der Waals surface area contributed by atoms with Crippen molar-refractivity contribution in [1.82, 2.24) is 10.6 Å². The summed E-state index contributed by atoms with van der Waals surface area (Å²) in [6.45, 7) is 17.6. The number of rotatable bonds is 4. The second kappa shape index (κ2) is 9.60. The number of aliphatic hydroxyl groups excluding tert-OH is 1. The lowest BCUT2D eigenvalue weighted by Gasteiger charge is -2.71. The van der Waals surface area contributed by atoms with Crippen molar-refractivity contribution in [3.05, 3.63) is 11.6 Å². The summed E-state index contributed by atoms with van der Waals surface area (Å²) in [6.07, 6.45) is 12.4. The van der Waals surface area contributed by atoms with Crippen LogP contribution in [-0.4, -0.2) is 36.6 Å². The summed E-state index contributed by atoms with van der Waals surface area (Å²) in [5.74, 6) is 2.65. The Hall–Kier alpha value is -1.36. The molecule has 3 N–H and O–H groups in total. The van der Waals surface area contributed by atoms with Crippen molar-refractivity contribution in [1.29, 1.82) is 0 Å². The molecule has 39 heavy (non-hydrogen) atoms. The fourth-order valence-corrected chi connectivity index (χ4v) is 11.5. The zero-order chi connectivity index (χ0) is 28.6. The van der Waals surface area contributed by atoms with Crippen molar-refractivity contribution in [2.24, 2.45) is 56.7 Å². The highest BCUT2D eigenvalue weighted by molar-refractivity contribution is 5.85. The van der Waals surface area contributed by atoms with Gasteiger partial charge in [0, 0.05) is 20.0 Å². The molecule has 0 aromatic heterocycles. The molecule has 5 nitrogen and oxygen atoms in total. The molecule has 4 fully saturated rings. The normalized spacial score (nSPS) is 48.4. The van der Waals surface area contributed by atoms with Gasteiger partial charge in [-0.25, -0.2) is 0 Å². The zero-order valence-electron chi connectivity index (χ0n) is 26.1. The predicted molar refractivity (Wildman–Crippen MR) is 157 cm³/mol. The Morgan fingerprint density at radius 2 is 1.67 bits per heavy atom. The molecule has 220 valence electrons. The quantitative estimate of drug-likeness (QED) is 0.369. The van der Waals surface area contributed by atoms with Crippen LogP contribution < -0.4 is 10.6 Å². The highest BCUT2D eigenvalue weighted by Crippen LogP contribution is 2.75. The van der Waals surface area contributed by atoms with Gasteiger partial charge >= 0.3 is 0 Å². The monoisotopic (exact) mass is 540 g/mol. The van der Waals surface area contributed by atoms with Gasteiger partial charge in [-0.3, -0.25) is 9.59 Å². The molecule has 0 unspecified atom stereocenters. The highest BCUT2D eigenvalue weighted by atomic mass is 16.3. The Morgan fingerprint density at radius 3 is 2.36 bits per heavy atom. The van der Waals surface area contributed by atoms with Crippen LogP contribution in [0.4, 0.5) is 0 Å². The van der Waals surface area contributed by atoms with Crippen LogP contribution in [0.2, 0.25) is 0 Å². The number of carbonyl (C=O) groups is 2. The van der Waals surface area contributed by atoms with Crippen LogP contribution in [-0.2, 0) is 9.59 Å². The fourth-order valence-electron chi connectivity index (χ4n) is 11.5. The number of allylic oxidation sites excluding steroid dienone is 2. The molecule has 0 aliphatic heterocycles. The van der Waals surface area contributed by atoms with E-state index in [1.54, 1.807) is 12.6 Å². The van der Waals surface area contributed by atoms with Gasteiger partial charge in [-0.2, -0.15) is 0 Å². The Balaban J connectivity index is 1.52. The van der Waals surface area contributed by atoms with E-state index in [0.717, 1.165) is 44.9 Å². The number of amides is 2. The maximum absolute atomic E-state index is 14.1. The first-order chi connectivity index (χ1) is 18.2. The maximum atomic E-state index is 14.1. The first-order valence-electron chi connectivity index (χ1n) is 16.1. The number of nitrogens with one attached hydrogen (secondary N) is 2. The Kier molecular flexibility index (Phi) is 7.17. The van der Waals surface area contributed by atoms with Crippen molar-refractivity contribution >= 4 is 11.8 Å². The first-order valence-corrected chi connectivity index (χ1v) is 16.1. The van der Waals surface area contributed by atoms with E-state index in [2.05, 4.69) is 65.2 Å². The summed E-state index contributed by atoms with van der Waals surface area (Å²) in [6, 6.07) is 0. The second-order valence-corrected chi connectivity index (χ2v) is 15.9. The molecule has 0 spiro atoms. The summed E-state index contributed by atoms with van der Waals surface area (Å²) in [5, 5.41) is 16.9. The number of hydrogen-bond donors (Lipinski definition) is 3. The van der Waals surface area contributed by atoms with Gasteiger partial charge in [0.1, 0.15) is 0 Å². The Labute approximate surface area is 237 Å². The van der Waals surface area contributed by atoms with E-state index in [1.165, 1.54) is 12.8 Å². The molecule has 10 atom stereocenters. The van der Waals surface area contributed by atoms with Crippen molar-refractivity contribution in [3.8, 4) is 0 Å². The molecule has 5 aliphatic rings. The minimum atomic E-state index is -0.360. The minimum Gasteiger partial charge on any atom is -0.393 e. The molecular weight excluding hydrogens is 484 g/mol. The molecular formula is C34H56N2O3. The molecule has 5 rings (SSSR count). The van der Waals surface area contributed by atoms with Gasteiger partial charge in [-0.1, -0.05) is 60.1 Å². The van der Waals surface area contributed by atoms with E-state index < -0.39 is 0 Å². The third kappa shape index (κ3) is 3.94. The van der Waals surface area contributed by atoms with Crippen molar-refractivity contribution in [2.75, 3.05) is 13.6 Å². The third-order valence-corrected chi connectivity index (χ3v) is 14.3. The van der Waals surface area contributed by atoms with Crippen LogP contribution in [0.25, 0.3) is 0 Å². The van der Waals surface area contributed by atoms with Crippen LogP contribution in [0.3, 0.4) is 0 Å². The van der Waals surface area contributed by atoms with Crippen LogP contribution >= 0.6 is 0 Å². The van der Waals surface area contributed by atoms with E-state index in [1.807, 2.05) is 0 Å². The summed E-state index contributed by atoms with van der Waals surface area (Å²) < 4.78 is 0. The lowest BCUT2D eigenvalue weighted by molar-refractivity contribution is -0.204. The minimum absolute atomic E-state index is 0.0253. The van der Waals surface area contributed by atoms with E-state index in [0.29, 0.717) is 36.6 Å². The molecule has 0 aromatic rings. The largest absolute Gasteiger partial charge is 0.393 e. The number of hydrogen-bond acceptors (Lipinski definition) is 3. The number of fused-ring (bicyclic) bond motifs is 7. The average Bonchev–Trinajstić information content (AvgIpc) is 2.88. The number of aliphatic hydroxyl groups is 1. The van der Waals surface area contributed by atoms with Crippen LogP contribution in [0.15, 0.2) is 11.6 Å². The standard InChI is InChI=1S/C34H56N2O3/c1-21-11-17-34(29(39)36-20-14-27(38)35-8)19-18-32(6)23(28(34)22(21)2)9-10-25-31(5)15-13-26(37)30(3,4)24(31)12-16-33(25,32)7/h9,21-22,24-26,28,37H,10-20H2,1-8H3,(H,35,38)(H,36,39)/t21-,22+,24+,25-,26+,28+,31+,32-,33-,34+/m1/s1. The molecule has 5 heteroatoms. The van der Waals surface area contributed by atoms with Gasteiger partial charge < -0.3 is 15.7 Å². The van der Waals surface area contributed by atoms with Crippen molar-refractivity contribution in [3.63, 3.8) is 0 Å². The van der Waals surface area contributed by atoms with Crippen LogP contribution in [0.1, 0.15) is 113 Å². The van der Waals surface area contributed by atoms with Gasteiger partial charge in [-0.15, -0.1) is 0 Å². The lowest BCUT2D eigenvalue weighted by Crippen LogP contribution is -2.66. The zero-order valence-corrected chi connectivity index (χ0v) is 26.1. The molecule has 0 bridgehead atoms. The summed E-state index contributed by atoms with van der Waals surface area (Å²) in [4.78, 5) is 25.9. The summed E-state index contributed by atoms with van der Waals surface area (Å²) in [7, 11) is 1.65. The topological polar surface area (TPSA) is 78.4 Å². The average molecular weight is 541 g/mol. The maximum Gasteiger partial charge on any atom is 0.226 e. The Bertz CT molecular complexity index is 1040. The molecule has 0 aromatic carbocycles. The molecule has 5 aliphatic carbocycles. The Morgan fingerprint density at radius 1 is 0.949 bits per heavy atom. The van der Waals surface area contributed by atoms with Gasteiger partial charge in [0.05, 0.1) is 11.5 Å². The van der Waals surface area contributed by atoms with E-state index >= 15 is 0 Å². The van der Waals surface area contributed by atoms with Gasteiger partial charge in [-0.05, 0) is 109 Å². The van der Waals surface area contributed by atoms with Gasteiger partial charge in [0.15, 0.2) is 0 Å². The molecule has 0 radical (unpaired) electrons. The predicted octanol–water partition coefficient (Wildman–Crippen LogP) is 6.26. The van der Waals surface area contributed by atoms with Crippen molar-refractivity contribution in [2.45, 2.75) is 119 Å².